The Balaban J connectivity index is 2.01. The molecule has 0 aliphatic rings. The van der Waals surface area contributed by atoms with E-state index in [0.717, 1.165) is 12.8 Å². The highest BCUT2D eigenvalue weighted by atomic mass is 16.5. The minimum Gasteiger partial charge on any atom is -0.481 e. The molecule has 1 atom stereocenters. The summed E-state index contributed by atoms with van der Waals surface area (Å²) in [6.07, 6.45) is 1.45. The fourth-order valence-corrected chi connectivity index (χ4v) is 2.41. The maximum atomic E-state index is 12.3. The van der Waals surface area contributed by atoms with Crippen molar-refractivity contribution in [1.29, 1.82) is 0 Å². The normalized spacial score (nSPS) is 11.6. The van der Waals surface area contributed by atoms with E-state index in [0.29, 0.717) is 17.0 Å². The minimum absolute atomic E-state index is 0.0917. The molecule has 2 rings (SSSR count). The molecule has 0 radical (unpaired) electrons. The van der Waals surface area contributed by atoms with Crippen LogP contribution in [0.1, 0.15) is 43.1 Å². The first kappa shape index (κ1) is 17.7. The zero-order valence-electron chi connectivity index (χ0n) is 14.3. The number of carbonyl (C=O) groups excluding carboxylic acids is 2. The number of nitrogens with one attached hydrogen (secondary N) is 1. The molecule has 4 nitrogen and oxygen atoms in total. The third-order valence-corrected chi connectivity index (χ3v) is 3.71. The summed E-state index contributed by atoms with van der Waals surface area (Å²) in [4.78, 5) is 23.9. The summed E-state index contributed by atoms with van der Waals surface area (Å²) in [5.41, 5.74) is 2.24. The number of anilines is 1. The second-order valence-electron chi connectivity index (χ2n) is 5.75. The van der Waals surface area contributed by atoms with Crippen LogP contribution in [0.4, 0.5) is 5.69 Å². The Bertz CT molecular complexity index is 707. The van der Waals surface area contributed by atoms with Crippen LogP contribution in [0.5, 0.6) is 5.75 Å². The third-order valence-electron chi connectivity index (χ3n) is 3.71. The van der Waals surface area contributed by atoms with Crippen LogP contribution < -0.4 is 10.1 Å². The molecule has 1 N–H and O–H groups in total. The molecule has 0 aliphatic heterocycles. The van der Waals surface area contributed by atoms with Crippen LogP contribution in [0.3, 0.4) is 0 Å². The van der Waals surface area contributed by atoms with Gasteiger partial charge in [-0.25, -0.2) is 0 Å². The van der Waals surface area contributed by atoms with E-state index in [1.165, 1.54) is 12.5 Å². The van der Waals surface area contributed by atoms with Crippen LogP contribution in [0.2, 0.25) is 0 Å². The van der Waals surface area contributed by atoms with Gasteiger partial charge in [-0.1, -0.05) is 37.6 Å². The summed E-state index contributed by atoms with van der Waals surface area (Å²) in [6.45, 7) is 5.30. The number of amides is 1. The van der Waals surface area contributed by atoms with Gasteiger partial charge in [-0.15, -0.1) is 0 Å². The molecule has 4 heteroatoms. The number of benzene rings is 2. The number of para-hydroxylation sites is 1. The average molecular weight is 325 g/mol. The van der Waals surface area contributed by atoms with E-state index in [9.17, 15) is 9.59 Å². The minimum atomic E-state index is -0.665. The first-order chi connectivity index (χ1) is 11.5. The summed E-state index contributed by atoms with van der Waals surface area (Å²) in [5.74, 6) is 0.268. The Morgan fingerprint density at radius 2 is 1.75 bits per heavy atom. The Morgan fingerprint density at radius 1 is 1.08 bits per heavy atom. The van der Waals surface area contributed by atoms with Crippen molar-refractivity contribution in [3.8, 4) is 5.75 Å². The highest BCUT2D eigenvalue weighted by Gasteiger charge is 2.17. The fourth-order valence-electron chi connectivity index (χ4n) is 2.41. The maximum absolute atomic E-state index is 12.3. The van der Waals surface area contributed by atoms with Crippen molar-refractivity contribution in [1.82, 2.24) is 0 Å². The largest absolute Gasteiger partial charge is 0.481 e. The van der Waals surface area contributed by atoms with Crippen molar-refractivity contribution in [2.24, 2.45) is 0 Å². The number of ether oxygens (including phenoxy) is 1. The SMILES string of the molecule is CCCc1ccc(OC(C)C(=O)Nc2ccccc2C(C)=O)cc1. The van der Waals surface area contributed by atoms with Crippen molar-refractivity contribution in [3.05, 3.63) is 59.7 Å². The van der Waals surface area contributed by atoms with Gasteiger partial charge in [0.05, 0.1) is 5.69 Å². The molecule has 0 fully saturated rings. The number of hydrogen-bond acceptors (Lipinski definition) is 3. The van der Waals surface area contributed by atoms with Crippen molar-refractivity contribution in [3.63, 3.8) is 0 Å². The monoisotopic (exact) mass is 325 g/mol. The number of rotatable bonds is 7. The summed E-state index contributed by atoms with van der Waals surface area (Å²) < 4.78 is 5.68. The molecular formula is C20H23NO3. The van der Waals surface area contributed by atoms with E-state index < -0.39 is 6.10 Å². The Morgan fingerprint density at radius 3 is 2.38 bits per heavy atom. The van der Waals surface area contributed by atoms with E-state index >= 15 is 0 Å². The molecule has 2 aromatic rings. The Kier molecular flexibility index (Phi) is 6.13. The standard InChI is InChI=1S/C20H23NO3/c1-4-7-16-10-12-17(13-11-16)24-15(3)20(23)21-19-9-6-5-8-18(19)14(2)22/h5-6,8-13,15H,4,7H2,1-3H3,(H,21,23). The molecule has 0 saturated carbocycles. The van der Waals surface area contributed by atoms with Gasteiger partial charge >= 0.3 is 0 Å². The predicted octanol–water partition coefficient (Wildman–Crippen LogP) is 4.25. The lowest BCUT2D eigenvalue weighted by molar-refractivity contribution is -0.122. The quantitative estimate of drug-likeness (QED) is 0.774. The van der Waals surface area contributed by atoms with Gasteiger partial charge in [0, 0.05) is 5.56 Å². The number of hydrogen-bond donors (Lipinski definition) is 1. The highest BCUT2D eigenvalue weighted by molar-refractivity contribution is 6.04. The smallest absolute Gasteiger partial charge is 0.265 e. The summed E-state index contributed by atoms with van der Waals surface area (Å²) in [6, 6.07) is 14.7. The molecule has 0 bridgehead atoms. The van der Waals surface area contributed by atoms with Crippen LogP contribution in [-0.4, -0.2) is 17.8 Å². The van der Waals surface area contributed by atoms with Crippen molar-refractivity contribution in [2.75, 3.05) is 5.32 Å². The van der Waals surface area contributed by atoms with Crippen molar-refractivity contribution in [2.45, 2.75) is 39.7 Å². The summed E-state index contributed by atoms with van der Waals surface area (Å²) >= 11 is 0. The van der Waals surface area contributed by atoms with Crippen molar-refractivity contribution >= 4 is 17.4 Å². The molecule has 1 amide bonds. The van der Waals surface area contributed by atoms with Gasteiger partial charge in [-0.2, -0.15) is 0 Å². The van der Waals surface area contributed by atoms with Crippen LogP contribution >= 0.6 is 0 Å². The molecule has 0 aromatic heterocycles. The predicted molar refractivity (Wildman–Crippen MR) is 95.6 cm³/mol. The topological polar surface area (TPSA) is 55.4 Å². The number of ketones is 1. The zero-order valence-corrected chi connectivity index (χ0v) is 14.3. The molecule has 0 saturated heterocycles. The number of aryl methyl sites for hydroxylation is 1. The van der Waals surface area contributed by atoms with E-state index in [1.54, 1.807) is 31.2 Å². The second-order valence-corrected chi connectivity index (χ2v) is 5.75. The first-order valence-corrected chi connectivity index (χ1v) is 8.17. The molecule has 126 valence electrons. The van der Waals surface area contributed by atoms with E-state index in [2.05, 4.69) is 12.2 Å². The van der Waals surface area contributed by atoms with E-state index in [-0.39, 0.29) is 11.7 Å². The Labute approximate surface area is 142 Å². The lowest BCUT2D eigenvalue weighted by Gasteiger charge is -2.16. The molecular weight excluding hydrogens is 302 g/mol. The number of Topliss-reactive ketones (excluding diaryl/α,β-unsaturated/α-hetero) is 1. The van der Waals surface area contributed by atoms with Gasteiger partial charge in [-0.05, 0) is 50.1 Å². The van der Waals surface area contributed by atoms with Gasteiger partial charge in [-0.3, -0.25) is 9.59 Å². The lowest BCUT2D eigenvalue weighted by atomic mass is 10.1. The molecule has 24 heavy (non-hydrogen) atoms. The van der Waals surface area contributed by atoms with Crippen LogP contribution in [0.15, 0.2) is 48.5 Å². The molecule has 2 aromatic carbocycles. The van der Waals surface area contributed by atoms with Crippen LogP contribution in [0, 0.1) is 0 Å². The summed E-state index contributed by atoms with van der Waals surface area (Å²) in [7, 11) is 0. The summed E-state index contributed by atoms with van der Waals surface area (Å²) in [5, 5.41) is 2.76. The van der Waals surface area contributed by atoms with Gasteiger partial charge < -0.3 is 10.1 Å². The zero-order chi connectivity index (χ0) is 17.5. The molecule has 0 aliphatic carbocycles. The highest BCUT2D eigenvalue weighted by Crippen LogP contribution is 2.18. The average Bonchev–Trinajstić information content (AvgIpc) is 2.57. The van der Waals surface area contributed by atoms with Gasteiger partial charge in [0.25, 0.3) is 5.91 Å². The van der Waals surface area contributed by atoms with Gasteiger partial charge in [0.1, 0.15) is 5.75 Å². The maximum Gasteiger partial charge on any atom is 0.265 e. The van der Waals surface area contributed by atoms with Crippen LogP contribution in [-0.2, 0) is 11.2 Å². The molecule has 0 heterocycles. The van der Waals surface area contributed by atoms with Gasteiger partial charge in [0.15, 0.2) is 11.9 Å². The third kappa shape index (κ3) is 4.69. The van der Waals surface area contributed by atoms with Gasteiger partial charge in [0.2, 0.25) is 0 Å². The molecule has 0 spiro atoms. The van der Waals surface area contributed by atoms with E-state index in [4.69, 9.17) is 4.74 Å². The van der Waals surface area contributed by atoms with Crippen molar-refractivity contribution < 1.29 is 14.3 Å². The van der Waals surface area contributed by atoms with E-state index in [1.807, 2.05) is 24.3 Å². The first-order valence-electron chi connectivity index (χ1n) is 8.17. The number of carbonyl (C=O) groups is 2. The lowest BCUT2D eigenvalue weighted by Crippen LogP contribution is -2.30. The van der Waals surface area contributed by atoms with Crippen LogP contribution in [0.25, 0.3) is 0 Å². The molecule has 1 unspecified atom stereocenters. The Hall–Kier alpha value is -2.62. The second kappa shape index (κ2) is 8.29. The fraction of sp³-hybridized carbons (Fsp3) is 0.300.